The highest BCUT2D eigenvalue weighted by molar-refractivity contribution is 5.50. The van der Waals surface area contributed by atoms with E-state index >= 15 is 0 Å². The number of phenols is 2. The van der Waals surface area contributed by atoms with Crippen LogP contribution in [0.25, 0.3) is 0 Å². The van der Waals surface area contributed by atoms with Gasteiger partial charge in [-0.2, -0.15) is 0 Å². The Labute approximate surface area is 114 Å². The van der Waals surface area contributed by atoms with Gasteiger partial charge in [-0.05, 0) is 36.6 Å². The summed E-state index contributed by atoms with van der Waals surface area (Å²) in [5, 5.41) is 19.9. The van der Waals surface area contributed by atoms with Crippen LogP contribution in [0, 0.1) is 13.8 Å². The zero-order chi connectivity index (χ0) is 14.2. The summed E-state index contributed by atoms with van der Waals surface area (Å²) in [6.45, 7) is 7.93. The van der Waals surface area contributed by atoms with Crippen molar-refractivity contribution in [1.29, 1.82) is 0 Å². The zero-order valence-corrected chi connectivity index (χ0v) is 11.9. The first-order valence-electron chi connectivity index (χ1n) is 6.43. The molecule has 0 spiro atoms. The Morgan fingerprint density at radius 3 is 2.21 bits per heavy atom. The molecule has 0 radical (unpaired) electrons. The van der Waals surface area contributed by atoms with E-state index in [-0.39, 0.29) is 5.41 Å². The van der Waals surface area contributed by atoms with Crippen molar-refractivity contribution >= 4 is 0 Å². The first-order valence-corrected chi connectivity index (χ1v) is 6.43. The molecule has 0 fully saturated rings. The highest BCUT2D eigenvalue weighted by Crippen LogP contribution is 2.39. The molecule has 2 aromatic carbocycles. The molecule has 2 nitrogen and oxygen atoms in total. The predicted octanol–water partition coefficient (Wildman–Crippen LogP) is 4.04. The van der Waals surface area contributed by atoms with Crippen molar-refractivity contribution in [3.63, 3.8) is 0 Å². The van der Waals surface area contributed by atoms with E-state index in [0.29, 0.717) is 11.5 Å². The number of rotatable bonds is 2. The van der Waals surface area contributed by atoms with Crippen LogP contribution < -0.4 is 0 Å². The van der Waals surface area contributed by atoms with E-state index in [1.54, 1.807) is 6.07 Å². The molecular formula is C17H20O2. The highest BCUT2D eigenvalue weighted by atomic mass is 16.3. The number of phenolic OH excluding ortho intramolecular Hbond substituents is 2. The molecule has 0 aliphatic heterocycles. The van der Waals surface area contributed by atoms with Crippen LogP contribution in [0.4, 0.5) is 0 Å². The molecular weight excluding hydrogens is 236 g/mol. The average Bonchev–Trinajstić information content (AvgIpc) is 2.35. The molecule has 0 bridgehead atoms. The summed E-state index contributed by atoms with van der Waals surface area (Å²) < 4.78 is 0. The molecule has 2 N–H and O–H groups in total. The number of aromatic hydroxyl groups is 2. The van der Waals surface area contributed by atoms with Crippen molar-refractivity contribution in [2.24, 2.45) is 0 Å². The monoisotopic (exact) mass is 256 g/mol. The van der Waals surface area contributed by atoms with Gasteiger partial charge in [0.15, 0.2) is 0 Å². The van der Waals surface area contributed by atoms with Gasteiger partial charge in [0.25, 0.3) is 0 Å². The van der Waals surface area contributed by atoms with Crippen molar-refractivity contribution in [2.75, 3.05) is 0 Å². The van der Waals surface area contributed by atoms with Crippen LogP contribution >= 0.6 is 0 Å². The third kappa shape index (κ3) is 2.30. The van der Waals surface area contributed by atoms with Crippen molar-refractivity contribution in [2.45, 2.75) is 33.1 Å². The lowest BCUT2D eigenvalue weighted by Gasteiger charge is -2.28. The van der Waals surface area contributed by atoms with E-state index < -0.39 is 0 Å². The van der Waals surface area contributed by atoms with Crippen molar-refractivity contribution in [3.05, 3.63) is 58.7 Å². The highest BCUT2D eigenvalue weighted by Gasteiger charge is 2.27. The molecule has 0 aliphatic rings. The van der Waals surface area contributed by atoms with E-state index in [9.17, 15) is 10.2 Å². The maximum atomic E-state index is 10.3. The molecule has 0 saturated carbocycles. The molecule has 0 heterocycles. The van der Waals surface area contributed by atoms with Crippen molar-refractivity contribution < 1.29 is 10.2 Å². The zero-order valence-electron chi connectivity index (χ0n) is 11.9. The predicted molar refractivity (Wildman–Crippen MR) is 77.8 cm³/mol. The van der Waals surface area contributed by atoms with E-state index in [4.69, 9.17) is 0 Å². The van der Waals surface area contributed by atoms with E-state index in [0.717, 1.165) is 22.3 Å². The summed E-state index contributed by atoms with van der Waals surface area (Å²) in [6, 6.07) is 11.4. The number of benzene rings is 2. The Bertz CT molecular complexity index is 613. The van der Waals surface area contributed by atoms with Crippen LogP contribution in [0.1, 0.15) is 36.1 Å². The Morgan fingerprint density at radius 1 is 0.895 bits per heavy atom. The van der Waals surface area contributed by atoms with Gasteiger partial charge < -0.3 is 10.2 Å². The standard InChI is InChI=1S/C17H20O2/c1-11-6-5-7-14(16(11)19)17(3,4)13-8-9-15(18)12(2)10-13/h5-10,18-19H,1-4H3. The summed E-state index contributed by atoms with van der Waals surface area (Å²) in [7, 11) is 0. The Morgan fingerprint density at radius 2 is 1.58 bits per heavy atom. The van der Waals surface area contributed by atoms with Gasteiger partial charge in [0.2, 0.25) is 0 Å². The lowest BCUT2D eigenvalue weighted by Crippen LogP contribution is -2.19. The lowest BCUT2D eigenvalue weighted by atomic mass is 9.76. The largest absolute Gasteiger partial charge is 0.508 e. The summed E-state index contributed by atoms with van der Waals surface area (Å²) in [5.41, 5.74) is 3.38. The minimum atomic E-state index is -0.311. The van der Waals surface area contributed by atoms with Crippen LogP contribution in [-0.4, -0.2) is 10.2 Å². The first kappa shape index (κ1) is 13.5. The van der Waals surface area contributed by atoms with Gasteiger partial charge in [0, 0.05) is 11.0 Å². The fourth-order valence-electron chi connectivity index (χ4n) is 2.36. The summed E-state index contributed by atoms with van der Waals surface area (Å²) >= 11 is 0. The van der Waals surface area contributed by atoms with Gasteiger partial charge in [0.1, 0.15) is 11.5 Å². The third-order valence-corrected chi connectivity index (χ3v) is 3.83. The molecule has 0 unspecified atom stereocenters. The molecule has 0 aliphatic carbocycles. The van der Waals surface area contributed by atoms with Gasteiger partial charge in [0.05, 0.1) is 0 Å². The normalized spacial score (nSPS) is 11.6. The van der Waals surface area contributed by atoms with Crippen LogP contribution in [0.3, 0.4) is 0 Å². The maximum Gasteiger partial charge on any atom is 0.122 e. The number of hydrogen-bond donors (Lipinski definition) is 2. The number of para-hydroxylation sites is 1. The molecule has 0 aromatic heterocycles. The molecule has 0 amide bonds. The SMILES string of the molecule is Cc1cc(C(C)(C)c2cccc(C)c2O)ccc1O. The minimum absolute atomic E-state index is 0.299. The topological polar surface area (TPSA) is 40.5 Å². The Balaban J connectivity index is 2.58. The summed E-state index contributed by atoms with van der Waals surface area (Å²) in [5.74, 6) is 0.645. The second kappa shape index (κ2) is 4.61. The Hall–Kier alpha value is -1.96. The number of hydrogen-bond acceptors (Lipinski definition) is 2. The smallest absolute Gasteiger partial charge is 0.122 e. The van der Waals surface area contributed by atoms with E-state index in [2.05, 4.69) is 13.8 Å². The van der Waals surface area contributed by atoms with Gasteiger partial charge in [-0.15, -0.1) is 0 Å². The van der Waals surface area contributed by atoms with Gasteiger partial charge in [-0.1, -0.05) is 44.2 Å². The van der Waals surface area contributed by atoms with Gasteiger partial charge in [-0.3, -0.25) is 0 Å². The van der Waals surface area contributed by atoms with Crippen molar-refractivity contribution in [3.8, 4) is 11.5 Å². The van der Waals surface area contributed by atoms with Crippen LogP contribution in [-0.2, 0) is 5.41 Å². The molecule has 100 valence electrons. The maximum absolute atomic E-state index is 10.3. The third-order valence-electron chi connectivity index (χ3n) is 3.83. The quantitative estimate of drug-likeness (QED) is 0.851. The molecule has 0 saturated heterocycles. The molecule has 2 aromatic rings. The van der Waals surface area contributed by atoms with Gasteiger partial charge in [-0.25, -0.2) is 0 Å². The fraction of sp³-hybridized carbons (Fsp3) is 0.294. The molecule has 2 heteroatoms. The average molecular weight is 256 g/mol. The van der Waals surface area contributed by atoms with E-state index in [1.807, 2.05) is 44.2 Å². The minimum Gasteiger partial charge on any atom is -0.508 e. The van der Waals surface area contributed by atoms with Crippen molar-refractivity contribution in [1.82, 2.24) is 0 Å². The van der Waals surface area contributed by atoms with Crippen LogP contribution in [0.5, 0.6) is 11.5 Å². The second-order valence-electron chi connectivity index (χ2n) is 5.60. The molecule has 0 atom stereocenters. The molecule has 19 heavy (non-hydrogen) atoms. The first-order chi connectivity index (χ1) is 8.84. The summed E-state index contributed by atoms with van der Waals surface area (Å²) in [4.78, 5) is 0. The van der Waals surface area contributed by atoms with Crippen LogP contribution in [0.2, 0.25) is 0 Å². The van der Waals surface area contributed by atoms with Crippen LogP contribution in [0.15, 0.2) is 36.4 Å². The second-order valence-corrected chi connectivity index (χ2v) is 5.60. The van der Waals surface area contributed by atoms with Gasteiger partial charge >= 0.3 is 0 Å². The van der Waals surface area contributed by atoms with E-state index in [1.165, 1.54) is 0 Å². The Kier molecular flexibility index (Phi) is 3.27. The summed E-state index contributed by atoms with van der Waals surface area (Å²) in [6.07, 6.45) is 0. The number of aryl methyl sites for hydroxylation is 2. The lowest BCUT2D eigenvalue weighted by molar-refractivity contribution is 0.448. The fourth-order valence-corrected chi connectivity index (χ4v) is 2.36. The molecule has 2 rings (SSSR count).